The van der Waals surface area contributed by atoms with Crippen LogP contribution in [0.5, 0.6) is 0 Å². The first-order chi connectivity index (χ1) is 13.5. The van der Waals surface area contributed by atoms with Gasteiger partial charge >= 0.3 is 0 Å². The topological polar surface area (TPSA) is 74.3 Å². The Morgan fingerprint density at radius 1 is 1.11 bits per heavy atom. The van der Waals surface area contributed by atoms with Gasteiger partial charge in [0.15, 0.2) is 0 Å². The van der Waals surface area contributed by atoms with E-state index in [1.165, 1.54) is 0 Å². The number of para-hydroxylation sites is 1. The van der Waals surface area contributed by atoms with Crippen LogP contribution in [0.1, 0.15) is 36.0 Å². The van der Waals surface area contributed by atoms with Crippen molar-refractivity contribution in [3.63, 3.8) is 0 Å². The minimum atomic E-state index is -0.0277. The number of pyridine rings is 1. The van der Waals surface area contributed by atoms with Crippen molar-refractivity contribution in [2.45, 2.75) is 45.7 Å². The maximum absolute atomic E-state index is 12.6. The van der Waals surface area contributed by atoms with Gasteiger partial charge in [-0.1, -0.05) is 24.3 Å². The van der Waals surface area contributed by atoms with Crippen LogP contribution in [0.2, 0.25) is 0 Å². The van der Waals surface area contributed by atoms with Crippen LogP contribution in [0, 0.1) is 13.8 Å². The summed E-state index contributed by atoms with van der Waals surface area (Å²) in [5.74, 6) is -0.0373. The first-order valence-corrected chi connectivity index (χ1v) is 9.78. The lowest BCUT2D eigenvalue weighted by molar-refractivity contribution is -0.122. The minimum absolute atomic E-state index is 0.00957. The van der Waals surface area contributed by atoms with E-state index in [-0.39, 0.29) is 11.8 Å². The molecule has 1 aromatic heterocycles. The Hall–Kier alpha value is -2.73. The molecule has 1 aromatic carbocycles. The number of aromatic nitrogens is 1. The Balaban J connectivity index is 1.47. The van der Waals surface area contributed by atoms with E-state index in [9.17, 15) is 9.59 Å². The van der Waals surface area contributed by atoms with Crippen LogP contribution in [-0.2, 0) is 16.1 Å². The highest BCUT2D eigenvalue weighted by molar-refractivity contribution is 5.93. The van der Waals surface area contributed by atoms with Gasteiger partial charge in [0.05, 0.1) is 6.54 Å². The van der Waals surface area contributed by atoms with Gasteiger partial charge in [0.2, 0.25) is 11.8 Å². The predicted molar refractivity (Wildman–Crippen MR) is 110 cm³/mol. The van der Waals surface area contributed by atoms with Crippen molar-refractivity contribution in [3.05, 3.63) is 59.4 Å². The summed E-state index contributed by atoms with van der Waals surface area (Å²) in [6.07, 6.45) is 6.02. The molecule has 0 unspecified atom stereocenters. The third-order valence-corrected chi connectivity index (χ3v) is 4.99. The van der Waals surface area contributed by atoms with Crippen molar-refractivity contribution in [1.82, 2.24) is 15.2 Å². The normalized spacial score (nSPS) is 13.4. The molecule has 0 spiro atoms. The smallest absolute Gasteiger partial charge is 0.238 e. The summed E-state index contributed by atoms with van der Waals surface area (Å²) < 4.78 is 0. The second-order valence-electron chi connectivity index (χ2n) is 7.40. The average Bonchev–Trinajstić information content (AvgIpc) is 3.52. The summed E-state index contributed by atoms with van der Waals surface area (Å²) in [4.78, 5) is 30.9. The molecule has 1 saturated carbocycles. The molecule has 3 rings (SSSR count). The highest BCUT2D eigenvalue weighted by atomic mass is 16.2. The summed E-state index contributed by atoms with van der Waals surface area (Å²) in [5, 5.41) is 5.95. The maximum atomic E-state index is 12.6. The second kappa shape index (κ2) is 9.46. The summed E-state index contributed by atoms with van der Waals surface area (Å²) >= 11 is 0. The van der Waals surface area contributed by atoms with Gasteiger partial charge in [0.1, 0.15) is 0 Å². The Labute approximate surface area is 166 Å². The molecule has 1 aliphatic carbocycles. The van der Waals surface area contributed by atoms with Crippen LogP contribution in [0.4, 0.5) is 5.69 Å². The molecule has 6 heteroatoms. The van der Waals surface area contributed by atoms with E-state index < -0.39 is 0 Å². The fourth-order valence-corrected chi connectivity index (χ4v) is 3.24. The van der Waals surface area contributed by atoms with Crippen molar-refractivity contribution in [1.29, 1.82) is 0 Å². The molecule has 0 saturated heterocycles. The van der Waals surface area contributed by atoms with Crippen molar-refractivity contribution in [3.8, 4) is 0 Å². The summed E-state index contributed by atoms with van der Waals surface area (Å²) in [6.45, 7) is 5.36. The first kappa shape index (κ1) is 20.0. The average molecular weight is 380 g/mol. The van der Waals surface area contributed by atoms with E-state index >= 15 is 0 Å². The molecule has 2 aromatic rings. The third-order valence-electron chi connectivity index (χ3n) is 4.99. The van der Waals surface area contributed by atoms with Gasteiger partial charge < -0.3 is 10.6 Å². The predicted octanol–water partition coefficient (Wildman–Crippen LogP) is 2.81. The van der Waals surface area contributed by atoms with Crippen LogP contribution in [0.3, 0.4) is 0 Å². The van der Waals surface area contributed by atoms with Crippen LogP contribution < -0.4 is 10.6 Å². The van der Waals surface area contributed by atoms with E-state index in [1.54, 1.807) is 12.4 Å². The molecule has 1 aliphatic rings. The van der Waals surface area contributed by atoms with Gasteiger partial charge in [-0.05, 0) is 49.4 Å². The monoisotopic (exact) mass is 380 g/mol. The zero-order valence-corrected chi connectivity index (χ0v) is 16.6. The lowest BCUT2D eigenvalue weighted by atomic mass is 10.1. The highest BCUT2D eigenvalue weighted by Crippen LogP contribution is 2.27. The van der Waals surface area contributed by atoms with Gasteiger partial charge in [-0.15, -0.1) is 0 Å². The lowest BCUT2D eigenvalue weighted by Crippen LogP contribution is -2.38. The second-order valence-corrected chi connectivity index (χ2v) is 7.40. The molecule has 2 amide bonds. The van der Waals surface area contributed by atoms with E-state index in [0.29, 0.717) is 32.1 Å². The van der Waals surface area contributed by atoms with E-state index in [2.05, 4.69) is 20.5 Å². The van der Waals surface area contributed by atoms with Crippen molar-refractivity contribution >= 4 is 17.5 Å². The van der Waals surface area contributed by atoms with Crippen LogP contribution in [0.15, 0.2) is 42.7 Å². The molecule has 28 heavy (non-hydrogen) atoms. The summed E-state index contributed by atoms with van der Waals surface area (Å²) in [5.41, 5.74) is 3.97. The fraction of sp³-hybridized carbons (Fsp3) is 0.409. The van der Waals surface area contributed by atoms with Crippen LogP contribution in [-0.4, -0.2) is 40.8 Å². The van der Waals surface area contributed by atoms with E-state index in [1.807, 2.05) is 44.2 Å². The summed E-state index contributed by atoms with van der Waals surface area (Å²) in [7, 11) is 0. The zero-order valence-electron chi connectivity index (χ0n) is 16.6. The van der Waals surface area contributed by atoms with Gasteiger partial charge in [-0.25, -0.2) is 0 Å². The van der Waals surface area contributed by atoms with E-state index in [4.69, 9.17) is 0 Å². The number of aryl methyl sites for hydroxylation is 2. The van der Waals surface area contributed by atoms with Gasteiger partial charge in [0.25, 0.3) is 0 Å². The van der Waals surface area contributed by atoms with Crippen molar-refractivity contribution in [2.75, 3.05) is 18.4 Å². The minimum Gasteiger partial charge on any atom is -0.352 e. The molecule has 1 heterocycles. The SMILES string of the molecule is Cc1cccc(C)c1NC(=O)CN(CCC(=O)NCc1cccnc1)C1CC1. The van der Waals surface area contributed by atoms with Crippen LogP contribution in [0.25, 0.3) is 0 Å². The molecule has 1 fully saturated rings. The molecule has 0 radical (unpaired) electrons. The molecule has 0 aliphatic heterocycles. The largest absolute Gasteiger partial charge is 0.352 e. The molecule has 148 valence electrons. The number of carbonyl (C=O) groups is 2. The molecular weight excluding hydrogens is 352 g/mol. The van der Waals surface area contributed by atoms with Gasteiger partial charge in [0, 0.05) is 43.6 Å². The first-order valence-electron chi connectivity index (χ1n) is 9.78. The number of rotatable bonds is 9. The molecule has 2 N–H and O–H groups in total. The maximum Gasteiger partial charge on any atom is 0.238 e. The van der Waals surface area contributed by atoms with Crippen molar-refractivity contribution in [2.24, 2.45) is 0 Å². The molecule has 0 bridgehead atoms. The van der Waals surface area contributed by atoms with Gasteiger partial charge in [-0.3, -0.25) is 19.5 Å². The third kappa shape index (κ3) is 5.89. The number of amides is 2. The Morgan fingerprint density at radius 2 is 1.86 bits per heavy atom. The molecule has 0 atom stereocenters. The number of nitrogens with one attached hydrogen (secondary N) is 2. The number of anilines is 1. The number of carbonyl (C=O) groups excluding carboxylic acids is 2. The Bertz CT molecular complexity index is 798. The van der Waals surface area contributed by atoms with E-state index in [0.717, 1.165) is 35.2 Å². The number of hydrogen-bond acceptors (Lipinski definition) is 4. The zero-order chi connectivity index (χ0) is 19.9. The fourth-order valence-electron chi connectivity index (χ4n) is 3.24. The molecule has 6 nitrogen and oxygen atoms in total. The highest BCUT2D eigenvalue weighted by Gasteiger charge is 2.30. The summed E-state index contributed by atoms with van der Waals surface area (Å²) in [6, 6.07) is 10.2. The number of benzene rings is 1. The Morgan fingerprint density at radius 3 is 2.50 bits per heavy atom. The number of hydrogen-bond donors (Lipinski definition) is 2. The standard InChI is InChI=1S/C22H28N4O2/c1-16-5-3-6-17(2)22(16)25-21(28)15-26(19-8-9-19)12-10-20(27)24-14-18-7-4-11-23-13-18/h3-7,11,13,19H,8-10,12,14-15H2,1-2H3,(H,24,27)(H,25,28). The lowest BCUT2D eigenvalue weighted by Gasteiger charge is -2.22. The van der Waals surface area contributed by atoms with Gasteiger partial charge in [-0.2, -0.15) is 0 Å². The molecular formula is C22H28N4O2. The Kier molecular flexibility index (Phi) is 6.76. The van der Waals surface area contributed by atoms with Crippen LogP contribution >= 0.6 is 0 Å². The number of nitrogens with zero attached hydrogens (tertiary/aromatic N) is 2. The quantitative estimate of drug-likeness (QED) is 0.702. The van der Waals surface area contributed by atoms with Crippen molar-refractivity contribution < 1.29 is 9.59 Å².